The summed E-state index contributed by atoms with van der Waals surface area (Å²) >= 11 is -1.07. The van der Waals surface area contributed by atoms with Crippen molar-refractivity contribution in [3.8, 4) is 0 Å². The fourth-order valence-electron chi connectivity index (χ4n) is 2.14. The maximum Gasteiger partial charge on any atom is 0.325 e. The molecule has 0 radical (unpaired) electrons. The zero-order valence-corrected chi connectivity index (χ0v) is 10.8. The van der Waals surface area contributed by atoms with Crippen molar-refractivity contribution in [2.45, 2.75) is 44.7 Å². The van der Waals surface area contributed by atoms with Gasteiger partial charge in [0.15, 0.2) is 6.04 Å². The van der Waals surface area contributed by atoms with E-state index in [0.29, 0.717) is 0 Å². The smallest absolute Gasteiger partial charge is 0.325 e. The molecule has 1 saturated carbocycles. The Hall–Kier alpha value is -0.260. The lowest BCUT2D eigenvalue weighted by molar-refractivity contribution is -0.139. The van der Waals surface area contributed by atoms with Crippen LogP contribution in [0.5, 0.6) is 0 Å². The van der Waals surface area contributed by atoms with Crippen LogP contribution in [0.4, 0.5) is 0 Å². The van der Waals surface area contributed by atoms with Gasteiger partial charge in [0.25, 0.3) is 0 Å². The number of aliphatic carboxylic acids is 1. The van der Waals surface area contributed by atoms with Gasteiger partial charge in [0.2, 0.25) is 0 Å². The quantitative estimate of drug-likeness (QED) is 0.711. The minimum Gasteiger partial charge on any atom is -0.616 e. The van der Waals surface area contributed by atoms with E-state index in [0.717, 1.165) is 31.6 Å². The SMILES string of the molecule is CC1CCC(N[C@@H](C[S+](C)[O-])C(=O)O)CC1. The van der Waals surface area contributed by atoms with E-state index in [1.807, 2.05) is 0 Å². The first-order valence-electron chi connectivity index (χ1n) is 5.78. The zero-order chi connectivity index (χ0) is 12.1. The Morgan fingerprint density at radius 2 is 2.06 bits per heavy atom. The van der Waals surface area contributed by atoms with Gasteiger partial charge in [0.1, 0.15) is 5.75 Å². The van der Waals surface area contributed by atoms with Gasteiger partial charge in [0, 0.05) is 6.04 Å². The molecule has 94 valence electrons. The average Bonchev–Trinajstić information content (AvgIpc) is 2.19. The summed E-state index contributed by atoms with van der Waals surface area (Å²) in [5, 5.41) is 12.1. The first-order chi connectivity index (χ1) is 7.49. The number of carbonyl (C=O) groups is 1. The van der Waals surface area contributed by atoms with E-state index in [4.69, 9.17) is 5.11 Å². The highest BCUT2D eigenvalue weighted by atomic mass is 32.2. The molecule has 1 aliphatic carbocycles. The molecule has 0 saturated heterocycles. The lowest BCUT2D eigenvalue weighted by Gasteiger charge is -2.29. The number of carboxylic acids is 1. The van der Waals surface area contributed by atoms with Crippen molar-refractivity contribution in [3.63, 3.8) is 0 Å². The molecule has 5 heteroatoms. The molecular formula is C11H21NO3S. The van der Waals surface area contributed by atoms with Crippen molar-refractivity contribution >= 4 is 17.1 Å². The summed E-state index contributed by atoms with van der Waals surface area (Å²) in [5.74, 6) is 0.0527. The predicted molar refractivity (Wildman–Crippen MR) is 64.9 cm³/mol. The van der Waals surface area contributed by atoms with Gasteiger partial charge in [-0.05, 0) is 31.6 Å². The maximum absolute atomic E-state index is 11.1. The van der Waals surface area contributed by atoms with Crippen LogP contribution in [0.2, 0.25) is 0 Å². The second-order valence-electron chi connectivity index (χ2n) is 4.75. The van der Waals surface area contributed by atoms with Crippen LogP contribution in [-0.2, 0) is 16.0 Å². The third-order valence-electron chi connectivity index (χ3n) is 3.15. The van der Waals surface area contributed by atoms with E-state index in [-0.39, 0.29) is 11.8 Å². The molecule has 1 aliphatic rings. The zero-order valence-electron chi connectivity index (χ0n) is 9.94. The molecule has 1 fully saturated rings. The van der Waals surface area contributed by atoms with Crippen LogP contribution >= 0.6 is 0 Å². The molecule has 0 amide bonds. The van der Waals surface area contributed by atoms with Gasteiger partial charge in [-0.3, -0.25) is 10.1 Å². The summed E-state index contributed by atoms with van der Waals surface area (Å²) in [7, 11) is 0. The highest BCUT2D eigenvalue weighted by Crippen LogP contribution is 2.23. The van der Waals surface area contributed by atoms with Crippen molar-refractivity contribution < 1.29 is 14.5 Å². The molecule has 1 rings (SSSR count). The third kappa shape index (κ3) is 4.72. The van der Waals surface area contributed by atoms with Crippen LogP contribution in [-0.4, -0.2) is 39.7 Å². The number of carboxylic acid groups (broad SMARTS) is 1. The Balaban J connectivity index is 2.39. The fraction of sp³-hybridized carbons (Fsp3) is 0.909. The molecule has 2 atom stereocenters. The van der Waals surface area contributed by atoms with Gasteiger partial charge in [-0.1, -0.05) is 18.1 Å². The monoisotopic (exact) mass is 247 g/mol. The van der Waals surface area contributed by atoms with Crippen molar-refractivity contribution in [1.82, 2.24) is 5.32 Å². The molecule has 0 aromatic rings. The van der Waals surface area contributed by atoms with Crippen LogP contribution in [0, 0.1) is 5.92 Å². The van der Waals surface area contributed by atoms with E-state index in [1.165, 1.54) is 0 Å². The molecule has 16 heavy (non-hydrogen) atoms. The molecule has 1 unspecified atom stereocenters. The lowest BCUT2D eigenvalue weighted by atomic mass is 9.87. The summed E-state index contributed by atoms with van der Waals surface area (Å²) in [6, 6.07) is -0.384. The Bertz CT molecular complexity index is 227. The largest absolute Gasteiger partial charge is 0.616 e. The topological polar surface area (TPSA) is 72.4 Å². The van der Waals surface area contributed by atoms with Gasteiger partial charge in [-0.25, -0.2) is 0 Å². The second-order valence-corrected chi connectivity index (χ2v) is 6.23. The summed E-state index contributed by atoms with van der Waals surface area (Å²) < 4.78 is 11.1. The van der Waals surface area contributed by atoms with E-state index in [9.17, 15) is 9.35 Å². The molecule has 0 aromatic carbocycles. The highest BCUT2D eigenvalue weighted by Gasteiger charge is 2.27. The van der Waals surface area contributed by atoms with Gasteiger partial charge in [-0.2, -0.15) is 0 Å². The lowest BCUT2D eigenvalue weighted by Crippen LogP contribution is -2.48. The van der Waals surface area contributed by atoms with Crippen LogP contribution in [0.25, 0.3) is 0 Å². The first-order valence-corrected chi connectivity index (χ1v) is 7.50. The minimum absolute atomic E-state index is 0.196. The number of hydrogen-bond donors (Lipinski definition) is 2. The standard InChI is InChI=1S/C11H21NO3S/c1-8-3-5-9(6-4-8)12-10(11(13)14)7-16(2)15/h8-10,12H,3-7H2,1-2H3,(H,13,14)/t8?,9?,10-,16?/m0/s1. The van der Waals surface area contributed by atoms with E-state index >= 15 is 0 Å². The summed E-state index contributed by atoms with van der Waals surface area (Å²) in [5.41, 5.74) is 0. The number of nitrogens with one attached hydrogen (secondary N) is 1. The van der Waals surface area contributed by atoms with Gasteiger partial charge >= 0.3 is 5.97 Å². The Morgan fingerprint density at radius 1 is 1.50 bits per heavy atom. The normalized spacial score (nSPS) is 29.7. The van der Waals surface area contributed by atoms with E-state index in [2.05, 4.69) is 12.2 Å². The first kappa shape index (κ1) is 13.8. The van der Waals surface area contributed by atoms with E-state index in [1.54, 1.807) is 6.26 Å². The Labute approximate surface area is 100.0 Å². The fourth-order valence-corrected chi connectivity index (χ4v) is 2.84. The predicted octanol–water partition coefficient (Wildman–Crippen LogP) is 0.986. The molecular weight excluding hydrogens is 226 g/mol. The molecule has 0 heterocycles. The molecule has 0 aliphatic heterocycles. The van der Waals surface area contributed by atoms with Crippen LogP contribution in [0.15, 0.2) is 0 Å². The number of rotatable bonds is 5. The van der Waals surface area contributed by atoms with Crippen molar-refractivity contribution in [2.24, 2.45) is 5.92 Å². The van der Waals surface area contributed by atoms with Crippen molar-refractivity contribution in [3.05, 3.63) is 0 Å². The molecule has 0 spiro atoms. The number of hydrogen-bond acceptors (Lipinski definition) is 3. The van der Waals surface area contributed by atoms with Crippen LogP contribution in [0.1, 0.15) is 32.6 Å². The summed E-state index contributed by atoms with van der Waals surface area (Å²) in [6.07, 6.45) is 5.90. The summed E-state index contributed by atoms with van der Waals surface area (Å²) in [6.45, 7) is 2.23. The molecule has 0 bridgehead atoms. The van der Waals surface area contributed by atoms with Crippen LogP contribution < -0.4 is 5.32 Å². The highest BCUT2D eigenvalue weighted by molar-refractivity contribution is 7.90. The van der Waals surface area contributed by atoms with E-state index < -0.39 is 23.2 Å². The second kappa shape index (κ2) is 6.47. The molecule has 2 N–H and O–H groups in total. The van der Waals surface area contributed by atoms with Gasteiger partial charge < -0.3 is 9.66 Å². The third-order valence-corrected chi connectivity index (χ3v) is 3.95. The van der Waals surface area contributed by atoms with Gasteiger partial charge in [-0.15, -0.1) is 0 Å². The Morgan fingerprint density at radius 3 is 2.50 bits per heavy atom. The maximum atomic E-state index is 11.1. The Kier molecular flexibility index (Phi) is 5.58. The van der Waals surface area contributed by atoms with Crippen molar-refractivity contribution in [1.29, 1.82) is 0 Å². The molecule has 4 nitrogen and oxygen atoms in total. The van der Waals surface area contributed by atoms with Crippen LogP contribution in [0.3, 0.4) is 0 Å². The average molecular weight is 247 g/mol. The minimum atomic E-state index is -1.07. The molecule has 0 aromatic heterocycles. The van der Waals surface area contributed by atoms with Crippen molar-refractivity contribution in [2.75, 3.05) is 12.0 Å². The van der Waals surface area contributed by atoms with Gasteiger partial charge in [0.05, 0.1) is 6.26 Å². The summed E-state index contributed by atoms with van der Waals surface area (Å²) in [4.78, 5) is 11.0.